The summed E-state index contributed by atoms with van der Waals surface area (Å²) in [5.74, 6) is 1.14. The van der Waals surface area contributed by atoms with Gasteiger partial charge in [-0.15, -0.1) is 0 Å². The Morgan fingerprint density at radius 1 is 1.64 bits per heavy atom. The maximum absolute atomic E-state index is 4.38. The molecular formula is C10H19N3S. The van der Waals surface area contributed by atoms with Gasteiger partial charge in [0, 0.05) is 31.5 Å². The molecule has 0 saturated heterocycles. The first-order valence-corrected chi connectivity index (χ1v) is 6.36. The van der Waals surface area contributed by atoms with E-state index in [1.807, 2.05) is 29.7 Å². The number of rotatable bonds is 6. The lowest BCUT2D eigenvalue weighted by molar-refractivity contribution is 0.562. The summed E-state index contributed by atoms with van der Waals surface area (Å²) in [6, 6.07) is 2.63. The smallest absolute Gasteiger partial charge is 0.0640 e. The molecule has 1 heterocycles. The van der Waals surface area contributed by atoms with Gasteiger partial charge >= 0.3 is 0 Å². The van der Waals surface area contributed by atoms with Crippen LogP contribution in [0.15, 0.2) is 12.3 Å². The molecule has 0 bridgehead atoms. The number of hydrogen-bond acceptors (Lipinski definition) is 3. The minimum atomic E-state index is 0.546. The molecule has 3 nitrogen and oxygen atoms in total. The van der Waals surface area contributed by atoms with Gasteiger partial charge < -0.3 is 5.32 Å². The Hall–Kier alpha value is -0.480. The van der Waals surface area contributed by atoms with Crippen LogP contribution in [0.5, 0.6) is 0 Å². The van der Waals surface area contributed by atoms with Crippen LogP contribution in [0, 0.1) is 0 Å². The normalized spacial score (nSPS) is 13.1. The van der Waals surface area contributed by atoms with Gasteiger partial charge in [0.2, 0.25) is 0 Å². The van der Waals surface area contributed by atoms with Crippen molar-refractivity contribution in [3.63, 3.8) is 0 Å². The number of aryl methyl sites for hydroxylation is 1. The molecule has 1 rings (SSSR count). The van der Waals surface area contributed by atoms with Crippen molar-refractivity contribution < 1.29 is 0 Å². The molecule has 4 heteroatoms. The van der Waals surface area contributed by atoms with Gasteiger partial charge in [0.15, 0.2) is 0 Å². The van der Waals surface area contributed by atoms with Crippen LogP contribution in [0.2, 0.25) is 0 Å². The van der Waals surface area contributed by atoms with Gasteiger partial charge in [-0.3, -0.25) is 4.68 Å². The Morgan fingerprint density at radius 2 is 2.43 bits per heavy atom. The minimum Gasteiger partial charge on any atom is -0.313 e. The molecule has 0 aliphatic heterocycles. The number of likely N-dealkylation sites (N-methyl/N-ethyl adjacent to an activating group) is 1. The molecule has 1 unspecified atom stereocenters. The van der Waals surface area contributed by atoms with Gasteiger partial charge in [-0.2, -0.15) is 16.9 Å². The number of hydrogen-bond donors (Lipinski definition) is 1. The van der Waals surface area contributed by atoms with E-state index in [9.17, 15) is 0 Å². The zero-order chi connectivity index (χ0) is 10.4. The fourth-order valence-electron chi connectivity index (χ4n) is 1.50. The van der Waals surface area contributed by atoms with Crippen LogP contribution < -0.4 is 5.32 Å². The highest BCUT2D eigenvalue weighted by Gasteiger charge is 2.08. The number of aromatic nitrogens is 2. The second-order valence-electron chi connectivity index (χ2n) is 3.39. The summed E-state index contributed by atoms with van der Waals surface area (Å²) in [6.45, 7) is 3.17. The summed E-state index contributed by atoms with van der Waals surface area (Å²) < 4.78 is 1.86. The molecule has 0 aliphatic carbocycles. The number of nitrogens with zero attached hydrogens (tertiary/aromatic N) is 2. The van der Waals surface area contributed by atoms with Gasteiger partial charge in [0.25, 0.3) is 0 Å². The van der Waals surface area contributed by atoms with Crippen molar-refractivity contribution in [1.82, 2.24) is 15.1 Å². The molecule has 1 atom stereocenters. The van der Waals surface area contributed by atoms with Crippen molar-refractivity contribution >= 4 is 11.8 Å². The van der Waals surface area contributed by atoms with Crippen LogP contribution in [-0.2, 0) is 13.5 Å². The Balaban J connectivity index is 2.46. The van der Waals surface area contributed by atoms with Crippen LogP contribution >= 0.6 is 11.8 Å². The third-order valence-corrected chi connectivity index (χ3v) is 2.82. The van der Waals surface area contributed by atoms with E-state index in [0.29, 0.717) is 6.04 Å². The molecule has 0 radical (unpaired) electrons. The van der Waals surface area contributed by atoms with Gasteiger partial charge in [0.05, 0.1) is 5.69 Å². The quantitative estimate of drug-likeness (QED) is 0.772. The lowest BCUT2D eigenvalue weighted by Crippen LogP contribution is -2.33. The highest BCUT2D eigenvalue weighted by Crippen LogP contribution is 2.04. The molecular weight excluding hydrogens is 194 g/mol. The first-order valence-electron chi connectivity index (χ1n) is 4.97. The SMILES string of the molecule is CCNC(CSC)Cc1ccn(C)n1. The molecule has 0 spiro atoms. The monoisotopic (exact) mass is 213 g/mol. The van der Waals surface area contributed by atoms with Crippen molar-refractivity contribution in [1.29, 1.82) is 0 Å². The lowest BCUT2D eigenvalue weighted by Gasteiger charge is -2.14. The van der Waals surface area contributed by atoms with Crippen molar-refractivity contribution in [2.75, 3.05) is 18.6 Å². The summed E-state index contributed by atoms with van der Waals surface area (Å²) in [7, 11) is 1.96. The fraction of sp³-hybridized carbons (Fsp3) is 0.700. The van der Waals surface area contributed by atoms with Gasteiger partial charge in [-0.1, -0.05) is 6.92 Å². The first kappa shape index (κ1) is 11.6. The van der Waals surface area contributed by atoms with E-state index in [2.05, 4.69) is 29.7 Å². The summed E-state index contributed by atoms with van der Waals surface area (Å²) >= 11 is 1.88. The zero-order valence-corrected chi connectivity index (χ0v) is 9.97. The van der Waals surface area contributed by atoms with Crippen molar-refractivity contribution in [3.05, 3.63) is 18.0 Å². The van der Waals surface area contributed by atoms with Gasteiger partial charge in [0.1, 0.15) is 0 Å². The molecule has 0 aliphatic rings. The minimum absolute atomic E-state index is 0.546. The molecule has 1 N–H and O–H groups in total. The molecule has 1 aromatic rings. The van der Waals surface area contributed by atoms with Crippen LogP contribution in [0.3, 0.4) is 0 Å². The highest BCUT2D eigenvalue weighted by molar-refractivity contribution is 7.98. The highest BCUT2D eigenvalue weighted by atomic mass is 32.2. The van der Waals surface area contributed by atoms with Crippen LogP contribution in [0.1, 0.15) is 12.6 Å². The van der Waals surface area contributed by atoms with E-state index in [-0.39, 0.29) is 0 Å². The standard InChI is InChI=1S/C10H19N3S/c1-4-11-10(8-14-3)7-9-5-6-13(2)12-9/h5-6,10-11H,4,7-8H2,1-3H3. The van der Waals surface area contributed by atoms with E-state index in [4.69, 9.17) is 0 Å². The van der Waals surface area contributed by atoms with E-state index >= 15 is 0 Å². The maximum atomic E-state index is 4.38. The second kappa shape index (κ2) is 6.09. The third kappa shape index (κ3) is 3.72. The van der Waals surface area contributed by atoms with E-state index in [1.165, 1.54) is 5.69 Å². The molecule has 0 fully saturated rings. The Labute approximate surface area is 90.3 Å². The van der Waals surface area contributed by atoms with E-state index < -0.39 is 0 Å². The van der Waals surface area contributed by atoms with Crippen molar-refractivity contribution in [3.8, 4) is 0 Å². The summed E-state index contributed by atoms with van der Waals surface area (Å²) in [4.78, 5) is 0. The second-order valence-corrected chi connectivity index (χ2v) is 4.31. The first-order chi connectivity index (χ1) is 6.76. The van der Waals surface area contributed by atoms with Crippen molar-refractivity contribution in [2.45, 2.75) is 19.4 Å². The van der Waals surface area contributed by atoms with Crippen LogP contribution in [0.25, 0.3) is 0 Å². The fourth-order valence-corrected chi connectivity index (χ4v) is 2.14. The molecule has 80 valence electrons. The molecule has 0 saturated carbocycles. The molecule has 1 aromatic heterocycles. The maximum Gasteiger partial charge on any atom is 0.0640 e. The Bertz CT molecular complexity index is 254. The third-order valence-electron chi connectivity index (χ3n) is 2.09. The summed E-state index contributed by atoms with van der Waals surface area (Å²) in [5, 5.41) is 7.85. The lowest BCUT2D eigenvalue weighted by atomic mass is 10.2. The molecule has 14 heavy (non-hydrogen) atoms. The average molecular weight is 213 g/mol. The number of nitrogens with one attached hydrogen (secondary N) is 1. The van der Waals surface area contributed by atoms with Crippen LogP contribution in [-0.4, -0.2) is 34.4 Å². The van der Waals surface area contributed by atoms with E-state index in [0.717, 1.165) is 18.7 Å². The average Bonchev–Trinajstić information content (AvgIpc) is 2.52. The predicted octanol–water partition coefficient (Wildman–Crippen LogP) is 1.30. The number of thioether (sulfide) groups is 1. The summed E-state index contributed by atoms with van der Waals surface area (Å²) in [6.07, 6.45) is 5.16. The Kier molecular flexibility index (Phi) is 5.04. The topological polar surface area (TPSA) is 29.9 Å². The summed E-state index contributed by atoms with van der Waals surface area (Å²) in [5.41, 5.74) is 1.17. The van der Waals surface area contributed by atoms with Gasteiger partial charge in [-0.05, 0) is 18.9 Å². The molecule has 0 amide bonds. The van der Waals surface area contributed by atoms with Crippen LogP contribution in [0.4, 0.5) is 0 Å². The van der Waals surface area contributed by atoms with E-state index in [1.54, 1.807) is 0 Å². The van der Waals surface area contributed by atoms with Crippen molar-refractivity contribution in [2.24, 2.45) is 7.05 Å². The predicted molar refractivity (Wildman–Crippen MR) is 62.8 cm³/mol. The largest absolute Gasteiger partial charge is 0.313 e. The Morgan fingerprint density at radius 3 is 2.93 bits per heavy atom. The molecule has 0 aromatic carbocycles. The zero-order valence-electron chi connectivity index (χ0n) is 9.16. The van der Waals surface area contributed by atoms with Gasteiger partial charge in [-0.25, -0.2) is 0 Å².